The number of aromatic nitrogens is 2. The molecule has 1 unspecified atom stereocenters. The van der Waals surface area contributed by atoms with Gasteiger partial charge >= 0.3 is 6.03 Å². The molecule has 0 aliphatic carbocycles. The van der Waals surface area contributed by atoms with Gasteiger partial charge in [-0.3, -0.25) is 9.78 Å². The van der Waals surface area contributed by atoms with Gasteiger partial charge in [0.1, 0.15) is 17.5 Å². The van der Waals surface area contributed by atoms with Crippen LogP contribution < -0.4 is 20.9 Å². The summed E-state index contributed by atoms with van der Waals surface area (Å²) >= 11 is 0. The molecule has 2 aromatic heterocycles. The zero-order valence-corrected chi connectivity index (χ0v) is 21.1. The molecule has 3 amide bonds. The second-order valence-electron chi connectivity index (χ2n) is 9.19. The Kier molecular flexibility index (Phi) is 8.50. The van der Waals surface area contributed by atoms with E-state index in [1.54, 1.807) is 38.6 Å². The molecule has 3 heterocycles. The molecule has 3 N–H and O–H groups in total. The van der Waals surface area contributed by atoms with Crippen LogP contribution in [0.3, 0.4) is 0 Å². The lowest BCUT2D eigenvalue weighted by molar-refractivity contribution is 0.0951. The number of anilines is 2. The maximum atomic E-state index is 13.6. The molecule has 0 radical (unpaired) electrons. The third-order valence-electron chi connectivity index (χ3n) is 6.14. The fourth-order valence-corrected chi connectivity index (χ4v) is 4.13. The van der Waals surface area contributed by atoms with Gasteiger partial charge in [0.05, 0.1) is 5.56 Å². The number of benzene rings is 1. The minimum atomic E-state index is -0.280. The van der Waals surface area contributed by atoms with Crippen LogP contribution in [0.15, 0.2) is 60.9 Å². The van der Waals surface area contributed by atoms with E-state index in [1.165, 1.54) is 17.0 Å². The van der Waals surface area contributed by atoms with Crippen LogP contribution in [0, 0.1) is 5.82 Å². The first-order valence-electron chi connectivity index (χ1n) is 12.3. The van der Waals surface area contributed by atoms with E-state index in [0.29, 0.717) is 37.4 Å². The molecule has 10 heteroatoms. The summed E-state index contributed by atoms with van der Waals surface area (Å²) in [5, 5.41) is 9.21. The Hall–Kier alpha value is -4.21. The van der Waals surface area contributed by atoms with Crippen LogP contribution in [0.4, 0.5) is 20.8 Å². The lowest BCUT2D eigenvalue weighted by Crippen LogP contribution is -2.42. The molecule has 37 heavy (non-hydrogen) atoms. The number of carbonyl (C=O) groups is 2. The van der Waals surface area contributed by atoms with Crippen molar-refractivity contribution in [3.63, 3.8) is 0 Å². The molecular formula is C27H32FN7O2. The molecule has 194 valence electrons. The summed E-state index contributed by atoms with van der Waals surface area (Å²) in [6.07, 6.45) is 4.77. The summed E-state index contributed by atoms with van der Waals surface area (Å²) in [7, 11) is 3.42. The third kappa shape index (κ3) is 7.16. The highest BCUT2D eigenvalue weighted by Crippen LogP contribution is 2.23. The summed E-state index contributed by atoms with van der Waals surface area (Å²) in [5.74, 6) is 0.642. The standard InChI is InChI=1S/C27H32FN7O2/c1-34(2)27(37)32-22-11-14-35(18-22)24-9-8-23(26(36)31-17-20-6-4-12-29-16-20)25(33-24)30-13-10-19-5-3-7-21(28)15-19/h3-9,12,15-16,22H,10-11,13-14,17-18H2,1-2H3,(H,30,33)(H,31,36)(H,32,37). The van der Waals surface area contributed by atoms with E-state index in [0.717, 1.165) is 29.9 Å². The Balaban J connectivity index is 1.47. The number of nitrogens with one attached hydrogen (secondary N) is 3. The molecule has 1 aromatic carbocycles. The zero-order chi connectivity index (χ0) is 26.2. The van der Waals surface area contributed by atoms with Crippen LogP contribution in [0.5, 0.6) is 0 Å². The monoisotopic (exact) mass is 505 g/mol. The Labute approximate surface area is 216 Å². The molecule has 1 atom stereocenters. The summed E-state index contributed by atoms with van der Waals surface area (Å²) in [5.41, 5.74) is 2.16. The molecule has 1 saturated heterocycles. The minimum absolute atomic E-state index is 0.0172. The number of hydrogen-bond acceptors (Lipinski definition) is 6. The van der Waals surface area contributed by atoms with Crippen molar-refractivity contribution in [2.24, 2.45) is 0 Å². The molecule has 0 spiro atoms. The highest BCUT2D eigenvalue weighted by molar-refractivity contribution is 5.99. The number of nitrogens with zero attached hydrogens (tertiary/aromatic N) is 4. The van der Waals surface area contributed by atoms with E-state index < -0.39 is 0 Å². The first kappa shape index (κ1) is 25.9. The van der Waals surface area contributed by atoms with Crippen molar-refractivity contribution in [1.82, 2.24) is 25.5 Å². The molecular weight excluding hydrogens is 473 g/mol. The van der Waals surface area contributed by atoms with Crippen molar-refractivity contribution >= 4 is 23.6 Å². The normalized spacial score (nSPS) is 14.8. The van der Waals surface area contributed by atoms with Gasteiger partial charge in [0, 0.05) is 58.7 Å². The van der Waals surface area contributed by atoms with Gasteiger partial charge in [-0.25, -0.2) is 14.2 Å². The highest BCUT2D eigenvalue weighted by atomic mass is 19.1. The number of rotatable bonds is 9. The van der Waals surface area contributed by atoms with Crippen molar-refractivity contribution in [2.75, 3.05) is 43.9 Å². The minimum Gasteiger partial charge on any atom is -0.369 e. The topological polar surface area (TPSA) is 102 Å². The molecule has 1 aliphatic heterocycles. The van der Waals surface area contributed by atoms with E-state index in [-0.39, 0.29) is 23.8 Å². The zero-order valence-electron chi connectivity index (χ0n) is 21.1. The van der Waals surface area contributed by atoms with Crippen LogP contribution in [-0.2, 0) is 13.0 Å². The van der Waals surface area contributed by atoms with Crippen LogP contribution in [0.2, 0.25) is 0 Å². The van der Waals surface area contributed by atoms with Crippen molar-refractivity contribution in [1.29, 1.82) is 0 Å². The first-order chi connectivity index (χ1) is 17.9. The van der Waals surface area contributed by atoms with Gasteiger partial charge in [0.25, 0.3) is 5.91 Å². The smallest absolute Gasteiger partial charge is 0.317 e. The fourth-order valence-electron chi connectivity index (χ4n) is 4.13. The van der Waals surface area contributed by atoms with Gasteiger partial charge in [-0.05, 0) is 54.3 Å². The average molecular weight is 506 g/mol. The van der Waals surface area contributed by atoms with Crippen LogP contribution in [-0.4, -0.2) is 66.6 Å². The molecule has 1 fully saturated rings. The predicted molar refractivity (Wildman–Crippen MR) is 141 cm³/mol. The third-order valence-corrected chi connectivity index (χ3v) is 6.14. The summed E-state index contributed by atoms with van der Waals surface area (Å²) in [6.45, 7) is 2.18. The number of pyridine rings is 2. The lowest BCUT2D eigenvalue weighted by atomic mass is 10.1. The quantitative estimate of drug-likeness (QED) is 0.413. The molecule has 1 aliphatic rings. The van der Waals surface area contributed by atoms with Crippen molar-refractivity contribution in [3.05, 3.63) is 83.4 Å². The van der Waals surface area contributed by atoms with Gasteiger partial charge in [-0.15, -0.1) is 0 Å². The summed E-state index contributed by atoms with van der Waals surface area (Å²) in [6, 6.07) is 13.7. The van der Waals surface area contributed by atoms with E-state index in [9.17, 15) is 14.0 Å². The fraction of sp³-hybridized carbons (Fsp3) is 0.333. The number of hydrogen-bond donors (Lipinski definition) is 3. The van der Waals surface area contributed by atoms with Gasteiger partial charge in [-0.1, -0.05) is 18.2 Å². The maximum absolute atomic E-state index is 13.6. The number of amides is 3. The molecule has 4 rings (SSSR count). The van der Waals surface area contributed by atoms with Crippen LogP contribution in [0.25, 0.3) is 0 Å². The van der Waals surface area contributed by atoms with E-state index in [1.807, 2.05) is 24.3 Å². The van der Waals surface area contributed by atoms with Gasteiger partial charge < -0.3 is 25.8 Å². The van der Waals surface area contributed by atoms with Crippen molar-refractivity contribution in [2.45, 2.75) is 25.4 Å². The first-order valence-corrected chi connectivity index (χ1v) is 12.3. The largest absolute Gasteiger partial charge is 0.369 e. The van der Waals surface area contributed by atoms with Gasteiger partial charge in [-0.2, -0.15) is 0 Å². The molecule has 0 bridgehead atoms. The Bertz CT molecular complexity index is 1220. The second-order valence-corrected chi connectivity index (χ2v) is 9.19. The second kappa shape index (κ2) is 12.2. The van der Waals surface area contributed by atoms with Crippen LogP contribution in [0.1, 0.15) is 27.9 Å². The number of urea groups is 1. The Morgan fingerprint density at radius 2 is 1.97 bits per heavy atom. The Morgan fingerprint density at radius 1 is 1.14 bits per heavy atom. The van der Waals surface area contributed by atoms with E-state index in [2.05, 4.69) is 25.8 Å². The molecule has 0 saturated carbocycles. The number of halogens is 1. The van der Waals surface area contributed by atoms with E-state index in [4.69, 9.17) is 4.98 Å². The highest BCUT2D eigenvalue weighted by Gasteiger charge is 2.26. The molecule has 9 nitrogen and oxygen atoms in total. The predicted octanol–water partition coefficient (Wildman–Crippen LogP) is 3.05. The van der Waals surface area contributed by atoms with Gasteiger partial charge in [0.15, 0.2) is 0 Å². The maximum Gasteiger partial charge on any atom is 0.317 e. The summed E-state index contributed by atoms with van der Waals surface area (Å²) in [4.78, 5) is 37.6. The number of carbonyl (C=O) groups excluding carboxylic acids is 2. The van der Waals surface area contributed by atoms with Crippen molar-refractivity contribution in [3.8, 4) is 0 Å². The lowest BCUT2D eigenvalue weighted by Gasteiger charge is -2.21. The molecule has 3 aromatic rings. The SMILES string of the molecule is CN(C)C(=O)NC1CCN(c2ccc(C(=O)NCc3cccnc3)c(NCCc3cccc(F)c3)n2)C1. The van der Waals surface area contributed by atoms with Crippen molar-refractivity contribution < 1.29 is 14.0 Å². The Morgan fingerprint density at radius 3 is 2.73 bits per heavy atom. The van der Waals surface area contributed by atoms with E-state index >= 15 is 0 Å². The van der Waals surface area contributed by atoms with Crippen LogP contribution >= 0.6 is 0 Å². The summed E-state index contributed by atoms with van der Waals surface area (Å²) < 4.78 is 13.6. The van der Waals surface area contributed by atoms with Gasteiger partial charge in [0.2, 0.25) is 0 Å². The average Bonchev–Trinajstić information content (AvgIpc) is 3.36.